The van der Waals surface area contributed by atoms with Crippen LogP contribution >= 0.6 is 0 Å². The molecule has 0 saturated heterocycles. The summed E-state index contributed by atoms with van der Waals surface area (Å²) in [5.41, 5.74) is 1.75. The highest BCUT2D eigenvalue weighted by Gasteiger charge is 2.18. The summed E-state index contributed by atoms with van der Waals surface area (Å²) in [5, 5.41) is 2.66. The number of aromatic amines is 1. The minimum atomic E-state index is -3.32. The van der Waals surface area contributed by atoms with Crippen LogP contribution in [0.1, 0.15) is 15.9 Å². The van der Waals surface area contributed by atoms with Gasteiger partial charge in [0.2, 0.25) is 0 Å². The third kappa shape index (κ3) is 3.90. The van der Waals surface area contributed by atoms with Gasteiger partial charge in [-0.2, -0.15) is 0 Å². The van der Waals surface area contributed by atoms with Crippen LogP contribution in [0.3, 0.4) is 0 Å². The molecule has 27 heavy (non-hydrogen) atoms. The maximum Gasteiger partial charge on any atom is 0.257 e. The molecule has 1 heterocycles. The number of rotatable bonds is 4. The monoisotopic (exact) mass is 390 g/mol. The van der Waals surface area contributed by atoms with Crippen LogP contribution in [0.5, 0.6) is 0 Å². The van der Waals surface area contributed by atoms with Gasteiger partial charge in [-0.1, -0.05) is 0 Å². The van der Waals surface area contributed by atoms with Gasteiger partial charge in [-0.3, -0.25) is 4.79 Å². The maximum absolute atomic E-state index is 14.0. The fourth-order valence-electron chi connectivity index (χ4n) is 2.69. The van der Waals surface area contributed by atoms with Crippen LogP contribution in [-0.4, -0.2) is 25.6 Å². The van der Waals surface area contributed by atoms with Crippen LogP contribution in [-0.2, 0) is 9.84 Å². The summed E-state index contributed by atoms with van der Waals surface area (Å²) in [4.78, 5) is 15.5. The largest absolute Gasteiger partial charge is 0.360 e. The van der Waals surface area contributed by atoms with Gasteiger partial charge in [0.25, 0.3) is 5.91 Å². The van der Waals surface area contributed by atoms with Gasteiger partial charge in [-0.25, -0.2) is 17.2 Å². The van der Waals surface area contributed by atoms with E-state index in [1.807, 2.05) is 0 Å². The quantitative estimate of drug-likeness (QED) is 0.709. The molecule has 0 bridgehead atoms. The molecule has 2 N–H and O–H groups in total. The van der Waals surface area contributed by atoms with Crippen LogP contribution in [0.15, 0.2) is 53.6 Å². The van der Waals surface area contributed by atoms with E-state index >= 15 is 0 Å². The number of sulfone groups is 1. The van der Waals surface area contributed by atoms with Crippen molar-refractivity contribution in [3.05, 3.63) is 71.4 Å². The van der Waals surface area contributed by atoms with Crippen LogP contribution < -0.4 is 5.32 Å². The van der Waals surface area contributed by atoms with Gasteiger partial charge in [0.1, 0.15) is 11.6 Å². The number of aromatic nitrogens is 1. The van der Waals surface area contributed by atoms with E-state index in [9.17, 15) is 22.0 Å². The highest BCUT2D eigenvalue weighted by atomic mass is 32.2. The SMILES string of the molecule is Cc1c(C(=O)Nc2ccc(S(C)(=O)=O)cc2)c[nH]c1-c1ccc(F)cc1F. The number of anilines is 1. The molecule has 0 aliphatic carbocycles. The molecule has 0 spiro atoms. The summed E-state index contributed by atoms with van der Waals surface area (Å²) < 4.78 is 50.0. The topological polar surface area (TPSA) is 79.0 Å². The predicted molar refractivity (Wildman–Crippen MR) is 98.4 cm³/mol. The minimum absolute atomic E-state index is 0.146. The Morgan fingerprint density at radius 3 is 2.33 bits per heavy atom. The van der Waals surface area contributed by atoms with Crippen LogP contribution in [0.4, 0.5) is 14.5 Å². The van der Waals surface area contributed by atoms with Gasteiger partial charge in [0.05, 0.1) is 16.2 Å². The van der Waals surface area contributed by atoms with Crippen molar-refractivity contribution in [3.8, 4) is 11.3 Å². The average Bonchev–Trinajstić information content (AvgIpc) is 2.96. The molecule has 1 aromatic heterocycles. The number of hydrogen-bond acceptors (Lipinski definition) is 3. The number of halogens is 2. The van der Waals surface area contributed by atoms with Gasteiger partial charge in [0.15, 0.2) is 9.84 Å². The fraction of sp³-hybridized carbons (Fsp3) is 0.105. The second-order valence-electron chi connectivity index (χ2n) is 6.08. The first-order valence-corrected chi connectivity index (χ1v) is 9.81. The van der Waals surface area contributed by atoms with Gasteiger partial charge < -0.3 is 10.3 Å². The zero-order chi connectivity index (χ0) is 19.8. The first kappa shape index (κ1) is 18.8. The Bertz CT molecular complexity index is 1120. The second kappa shape index (κ2) is 6.96. The molecule has 8 heteroatoms. The lowest BCUT2D eigenvalue weighted by molar-refractivity contribution is 0.102. The van der Waals surface area contributed by atoms with Crippen molar-refractivity contribution in [1.29, 1.82) is 0 Å². The first-order valence-electron chi connectivity index (χ1n) is 7.91. The van der Waals surface area contributed by atoms with Gasteiger partial charge in [0, 0.05) is 29.8 Å². The maximum atomic E-state index is 14.0. The molecule has 3 aromatic rings. The molecule has 0 aliphatic heterocycles. The number of carbonyl (C=O) groups is 1. The Morgan fingerprint density at radius 2 is 1.74 bits per heavy atom. The Morgan fingerprint density at radius 1 is 1.07 bits per heavy atom. The van der Waals surface area contributed by atoms with Crippen LogP contribution in [0.2, 0.25) is 0 Å². The minimum Gasteiger partial charge on any atom is -0.360 e. The zero-order valence-corrected chi connectivity index (χ0v) is 15.3. The average molecular weight is 390 g/mol. The highest BCUT2D eigenvalue weighted by molar-refractivity contribution is 7.90. The lowest BCUT2D eigenvalue weighted by atomic mass is 10.1. The predicted octanol–water partition coefficient (Wildman–Crippen LogP) is 3.92. The van der Waals surface area contributed by atoms with Crippen molar-refractivity contribution in [2.75, 3.05) is 11.6 Å². The van der Waals surface area contributed by atoms with E-state index in [-0.39, 0.29) is 10.5 Å². The van der Waals surface area contributed by atoms with Gasteiger partial charge in [-0.05, 0) is 48.9 Å². The lowest BCUT2D eigenvalue weighted by Crippen LogP contribution is -2.12. The second-order valence-corrected chi connectivity index (χ2v) is 8.09. The molecular formula is C19H16F2N2O3S. The van der Waals surface area contributed by atoms with Crippen molar-refractivity contribution in [2.24, 2.45) is 0 Å². The third-order valence-corrected chi connectivity index (χ3v) is 5.25. The number of benzene rings is 2. The third-order valence-electron chi connectivity index (χ3n) is 4.13. The van der Waals surface area contributed by atoms with E-state index < -0.39 is 27.4 Å². The Labute approximate surface area is 155 Å². The molecular weight excluding hydrogens is 374 g/mol. The molecule has 0 fully saturated rings. The summed E-state index contributed by atoms with van der Waals surface area (Å²) in [6.07, 6.45) is 2.54. The summed E-state index contributed by atoms with van der Waals surface area (Å²) >= 11 is 0. The molecule has 3 rings (SSSR count). The smallest absolute Gasteiger partial charge is 0.257 e. The van der Waals surface area contributed by atoms with E-state index in [0.717, 1.165) is 18.4 Å². The fourth-order valence-corrected chi connectivity index (χ4v) is 3.32. The Balaban J connectivity index is 1.85. The standard InChI is InChI=1S/C19H16F2N2O3S/c1-11-16(10-22-18(11)15-8-3-12(20)9-17(15)21)19(24)23-13-4-6-14(7-5-13)27(2,25)26/h3-10,22H,1-2H3,(H,23,24). The molecule has 140 valence electrons. The number of amides is 1. The molecule has 1 amide bonds. The van der Waals surface area contributed by atoms with Crippen molar-refractivity contribution >= 4 is 21.4 Å². The summed E-state index contributed by atoms with van der Waals surface area (Å²) in [7, 11) is -3.32. The van der Waals surface area contributed by atoms with Gasteiger partial charge >= 0.3 is 0 Å². The van der Waals surface area contributed by atoms with Crippen molar-refractivity contribution in [1.82, 2.24) is 4.98 Å². The lowest BCUT2D eigenvalue weighted by Gasteiger charge is -2.07. The molecule has 0 radical (unpaired) electrons. The zero-order valence-electron chi connectivity index (χ0n) is 14.5. The van der Waals surface area contributed by atoms with E-state index in [4.69, 9.17) is 0 Å². The number of hydrogen-bond donors (Lipinski definition) is 2. The number of carbonyl (C=O) groups excluding carboxylic acids is 1. The normalized spacial score (nSPS) is 11.4. The molecule has 0 unspecified atom stereocenters. The number of nitrogens with one attached hydrogen (secondary N) is 2. The van der Waals surface area contributed by atoms with Gasteiger partial charge in [-0.15, -0.1) is 0 Å². The summed E-state index contributed by atoms with van der Waals surface area (Å²) in [6, 6.07) is 8.98. The van der Waals surface area contributed by atoms with Crippen molar-refractivity contribution in [3.63, 3.8) is 0 Å². The number of H-pyrrole nitrogens is 1. The molecule has 0 aliphatic rings. The van der Waals surface area contributed by atoms with E-state index in [2.05, 4.69) is 10.3 Å². The van der Waals surface area contributed by atoms with E-state index in [1.54, 1.807) is 6.92 Å². The summed E-state index contributed by atoms with van der Waals surface area (Å²) in [6.45, 7) is 1.65. The Kier molecular flexibility index (Phi) is 4.84. The molecule has 0 atom stereocenters. The summed E-state index contributed by atoms with van der Waals surface area (Å²) in [5.74, 6) is -1.86. The van der Waals surface area contributed by atoms with E-state index in [0.29, 0.717) is 22.5 Å². The van der Waals surface area contributed by atoms with Crippen molar-refractivity contribution < 1.29 is 22.0 Å². The Hall–Kier alpha value is -3.00. The highest BCUT2D eigenvalue weighted by Crippen LogP contribution is 2.28. The van der Waals surface area contributed by atoms with Crippen LogP contribution in [0, 0.1) is 18.6 Å². The van der Waals surface area contributed by atoms with E-state index in [1.165, 1.54) is 36.5 Å². The first-order chi connectivity index (χ1) is 12.7. The molecule has 2 aromatic carbocycles. The molecule has 0 saturated carbocycles. The molecule has 5 nitrogen and oxygen atoms in total. The van der Waals surface area contributed by atoms with Crippen LogP contribution in [0.25, 0.3) is 11.3 Å². The van der Waals surface area contributed by atoms with Crippen molar-refractivity contribution in [2.45, 2.75) is 11.8 Å².